The lowest BCUT2D eigenvalue weighted by Crippen LogP contribution is -2.14. The summed E-state index contributed by atoms with van der Waals surface area (Å²) in [6, 6.07) is 0. The van der Waals surface area contributed by atoms with E-state index in [0.29, 0.717) is 24.2 Å². The van der Waals surface area contributed by atoms with Crippen molar-refractivity contribution in [2.75, 3.05) is 0 Å². The van der Waals surface area contributed by atoms with Crippen LogP contribution in [-0.2, 0) is 4.74 Å². The van der Waals surface area contributed by atoms with Gasteiger partial charge in [0.15, 0.2) is 0 Å². The summed E-state index contributed by atoms with van der Waals surface area (Å²) >= 11 is 0. The molecule has 1 heterocycles. The van der Waals surface area contributed by atoms with Gasteiger partial charge in [-0.2, -0.15) is 0 Å². The van der Waals surface area contributed by atoms with Crippen LogP contribution in [0.2, 0.25) is 0 Å². The van der Waals surface area contributed by atoms with Crippen LogP contribution in [0.15, 0.2) is 11.8 Å². The molecule has 2 nitrogen and oxygen atoms in total. The second kappa shape index (κ2) is 3.58. The number of epoxide rings is 1. The van der Waals surface area contributed by atoms with Gasteiger partial charge in [0.2, 0.25) is 0 Å². The van der Waals surface area contributed by atoms with Crippen LogP contribution in [0.25, 0.3) is 0 Å². The van der Waals surface area contributed by atoms with Crippen molar-refractivity contribution in [1.29, 1.82) is 0 Å². The first-order valence-corrected chi connectivity index (χ1v) is 5.66. The SMILES string of the molecule is CC1/C=C(\[O-])CCC[C@@]2(C)O[C@@H]2CC1. The van der Waals surface area contributed by atoms with E-state index in [1.807, 2.05) is 6.08 Å². The number of hydrogen-bond acceptors (Lipinski definition) is 2. The van der Waals surface area contributed by atoms with Gasteiger partial charge in [-0.25, -0.2) is 0 Å². The van der Waals surface area contributed by atoms with Crippen LogP contribution >= 0.6 is 0 Å². The molecule has 1 aliphatic heterocycles. The molecular formula is C12H19O2-. The van der Waals surface area contributed by atoms with Crippen molar-refractivity contribution in [3.63, 3.8) is 0 Å². The Balaban J connectivity index is 1.98. The summed E-state index contributed by atoms with van der Waals surface area (Å²) in [5.41, 5.74) is 0.108. The van der Waals surface area contributed by atoms with E-state index in [4.69, 9.17) is 4.74 Å². The molecule has 2 heteroatoms. The summed E-state index contributed by atoms with van der Waals surface area (Å²) < 4.78 is 5.69. The second-order valence-corrected chi connectivity index (χ2v) is 4.96. The first-order valence-electron chi connectivity index (χ1n) is 5.66. The monoisotopic (exact) mass is 195 g/mol. The Kier molecular flexibility index (Phi) is 2.56. The molecule has 0 radical (unpaired) electrons. The van der Waals surface area contributed by atoms with Gasteiger partial charge in [0.1, 0.15) is 0 Å². The van der Waals surface area contributed by atoms with E-state index in [9.17, 15) is 5.11 Å². The molecule has 2 rings (SSSR count). The Morgan fingerprint density at radius 3 is 3.07 bits per heavy atom. The fourth-order valence-electron chi connectivity index (χ4n) is 2.39. The number of allylic oxidation sites excluding steroid dienone is 2. The smallest absolute Gasteiger partial charge is 0.0920 e. The van der Waals surface area contributed by atoms with Gasteiger partial charge in [-0.15, -0.1) is 5.76 Å². The highest BCUT2D eigenvalue weighted by molar-refractivity contribution is 5.02. The number of hydrogen-bond donors (Lipinski definition) is 0. The van der Waals surface area contributed by atoms with Crippen LogP contribution in [0.3, 0.4) is 0 Å². The quantitative estimate of drug-likeness (QED) is 0.554. The van der Waals surface area contributed by atoms with Crippen molar-refractivity contribution in [1.82, 2.24) is 0 Å². The second-order valence-electron chi connectivity index (χ2n) is 4.96. The minimum atomic E-state index is 0.108. The average molecular weight is 195 g/mol. The van der Waals surface area contributed by atoms with E-state index in [1.54, 1.807) is 0 Å². The first kappa shape index (κ1) is 10.0. The Morgan fingerprint density at radius 1 is 1.50 bits per heavy atom. The summed E-state index contributed by atoms with van der Waals surface area (Å²) in [4.78, 5) is 0. The van der Waals surface area contributed by atoms with E-state index in [-0.39, 0.29) is 5.60 Å². The minimum absolute atomic E-state index is 0.108. The van der Waals surface area contributed by atoms with Crippen molar-refractivity contribution in [3.8, 4) is 0 Å². The third kappa shape index (κ3) is 2.11. The molecule has 3 atom stereocenters. The van der Waals surface area contributed by atoms with Gasteiger partial charge in [0, 0.05) is 0 Å². The third-order valence-electron chi connectivity index (χ3n) is 3.49. The van der Waals surface area contributed by atoms with Gasteiger partial charge >= 0.3 is 0 Å². The largest absolute Gasteiger partial charge is 0.876 e. The van der Waals surface area contributed by atoms with Gasteiger partial charge in [0.05, 0.1) is 11.7 Å². The van der Waals surface area contributed by atoms with Crippen LogP contribution < -0.4 is 5.11 Å². The molecule has 0 amide bonds. The number of rotatable bonds is 0. The maximum atomic E-state index is 11.4. The molecule has 1 fully saturated rings. The van der Waals surface area contributed by atoms with Gasteiger partial charge in [-0.3, -0.25) is 0 Å². The summed E-state index contributed by atoms with van der Waals surface area (Å²) in [5, 5.41) is 11.4. The highest BCUT2D eigenvalue weighted by atomic mass is 16.6. The van der Waals surface area contributed by atoms with E-state index in [2.05, 4.69) is 13.8 Å². The van der Waals surface area contributed by atoms with E-state index >= 15 is 0 Å². The summed E-state index contributed by atoms with van der Waals surface area (Å²) in [5.74, 6) is 0.745. The topological polar surface area (TPSA) is 35.6 Å². The predicted octanol–water partition coefficient (Wildman–Crippen LogP) is 1.99. The number of fused-ring (bicyclic) bond motifs is 1. The van der Waals surface area contributed by atoms with Gasteiger partial charge < -0.3 is 9.84 Å². The molecule has 0 spiro atoms. The molecule has 80 valence electrons. The minimum Gasteiger partial charge on any atom is -0.876 e. The molecule has 1 saturated heterocycles. The molecule has 1 aliphatic carbocycles. The molecule has 0 bridgehead atoms. The van der Waals surface area contributed by atoms with Crippen LogP contribution in [-0.4, -0.2) is 11.7 Å². The van der Waals surface area contributed by atoms with Crippen LogP contribution in [0.5, 0.6) is 0 Å². The van der Waals surface area contributed by atoms with E-state index in [1.165, 1.54) is 0 Å². The van der Waals surface area contributed by atoms with Crippen molar-refractivity contribution < 1.29 is 9.84 Å². The van der Waals surface area contributed by atoms with E-state index in [0.717, 1.165) is 25.7 Å². The molecule has 2 aliphatic rings. The Labute approximate surface area is 86.0 Å². The Hall–Kier alpha value is -0.500. The zero-order valence-corrected chi connectivity index (χ0v) is 9.08. The fraction of sp³-hybridized carbons (Fsp3) is 0.833. The summed E-state index contributed by atoms with van der Waals surface area (Å²) in [7, 11) is 0. The Bertz CT molecular complexity index is 247. The highest BCUT2D eigenvalue weighted by Crippen LogP contribution is 2.44. The average Bonchev–Trinajstić information content (AvgIpc) is 2.73. The van der Waals surface area contributed by atoms with Crippen molar-refractivity contribution in [3.05, 3.63) is 11.8 Å². The lowest BCUT2D eigenvalue weighted by atomic mass is 9.92. The van der Waals surface area contributed by atoms with E-state index < -0.39 is 0 Å². The fourth-order valence-corrected chi connectivity index (χ4v) is 2.39. The van der Waals surface area contributed by atoms with Gasteiger partial charge in [-0.1, -0.05) is 13.0 Å². The molecule has 0 N–H and O–H groups in total. The zero-order valence-electron chi connectivity index (χ0n) is 9.08. The summed E-state index contributed by atoms with van der Waals surface area (Å²) in [6.45, 7) is 4.30. The zero-order chi connectivity index (χ0) is 10.2. The third-order valence-corrected chi connectivity index (χ3v) is 3.49. The molecule has 0 aromatic carbocycles. The molecular weight excluding hydrogens is 176 g/mol. The summed E-state index contributed by atoms with van der Waals surface area (Å²) in [6.07, 6.45) is 7.29. The normalized spacial score (nSPS) is 47.4. The predicted molar refractivity (Wildman–Crippen MR) is 53.6 cm³/mol. The Morgan fingerprint density at radius 2 is 2.29 bits per heavy atom. The first-order chi connectivity index (χ1) is 6.60. The lowest BCUT2D eigenvalue weighted by Gasteiger charge is -2.17. The maximum absolute atomic E-state index is 11.4. The molecule has 0 aromatic rings. The molecule has 1 unspecified atom stereocenters. The molecule has 14 heavy (non-hydrogen) atoms. The van der Waals surface area contributed by atoms with Crippen molar-refractivity contribution in [2.45, 2.75) is 57.7 Å². The molecule has 0 aromatic heterocycles. The van der Waals surface area contributed by atoms with Crippen LogP contribution in [0.4, 0.5) is 0 Å². The maximum Gasteiger partial charge on any atom is 0.0920 e. The van der Waals surface area contributed by atoms with Crippen LogP contribution in [0, 0.1) is 5.92 Å². The number of ether oxygens (including phenoxy) is 1. The molecule has 0 saturated carbocycles. The van der Waals surface area contributed by atoms with Crippen LogP contribution in [0.1, 0.15) is 46.0 Å². The highest BCUT2D eigenvalue weighted by Gasteiger charge is 2.50. The lowest BCUT2D eigenvalue weighted by molar-refractivity contribution is -0.307. The van der Waals surface area contributed by atoms with Gasteiger partial charge in [0.25, 0.3) is 0 Å². The van der Waals surface area contributed by atoms with Crippen molar-refractivity contribution in [2.24, 2.45) is 5.92 Å². The van der Waals surface area contributed by atoms with Crippen molar-refractivity contribution >= 4 is 0 Å². The van der Waals surface area contributed by atoms with Gasteiger partial charge in [-0.05, 0) is 44.9 Å². The standard InChI is InChI=1S/C12H20O2/c1-9-5-6-11-12(2,14-11)7-3-4-10(13)8-9/h8-9,11,13H,3-7H2,1-2H3/p-1/b10-8-/t9?,11-,12-/m1/s1.